The molecule has 0 unspecified atom stereocenters. The molecule has 0 aromatic heterocycles. The fourth-order valence-electron chi connectivity index (χ4n) is 0.833. The van der Waals surface area contributed by atoms with E-state index in [9.17, 15) is 0 Å². The van der Waals surface area contributed by atoms with Crippen LogP contribution in [0.4, 0.5) is 5.69 Å². The van der Waals surface area contributed by atoms with Crippen LogP contribution in [0.5, 0.6) is 0 Å². The fraction of sp³-hybridized carbons (Fsp3) is 0.111. The molecule has 1 rings (SSSR count). The van der Waals surface area contributed by atoms with Gasteiger partial charge in [0.15, 0.2) is 0 Å². The van der Waals surface area contributed by atoms with Gasteiger partial charge in [-0.1, -0.05) is 29.1 Å². The maximum absolute atomic E-state index is 8.19. The van der Waals surface area contributed by atoms with Gasteiger partial charge in [0.1, 0.15) is 0 Å². The van der Waals surface area contributed by atoms with Crippen LogP contribution in [0.2, 0.25) is 0 Å². The second-order valence-corrected chi connectivity index (χ2v) is 2.44. The van der Waals surface area contributed by atoms with Gasteiger partial charge in [-0.05, 0) is 17.7 Å². The highest BCUT2D eigenvalue weighted by Crippen LogP contribution is 2.13. The molecule has 0 heterocycles. The van der Waals surface area contributed by atoms with Gasteiger partial charge in [0.2, 0.25) is 0 Å². The van der Waals surface area contributed by atoms with Crippen molar-refractivity contribution in [3.05, 3.63) is 40.3 Å². The third-order valence-corrected chi connectivity index (χ3v) is 1.44. The van der Waals surface area contributed by atoms with Crippen LogP contribution in [0.3, 0.4) is 0 Å². The molecule has 1 aromatic carbocycles. The van der Waals surface area contributed by atoms with Crippen LogP contribution in [-0.2, 0) is 0 Å². The minimum atomic E-state index is 0.297. The van der Waals surface area contributed by atoms with Crippen molar-refractivity contribution in [2.45, 2.75) is 0 Å². The number of nitrogens with zero attached hydrogens (tertiary/aromatic N) is 3. The van der Waals surface area contributed by atoms with E-state index in [1.54, 1.807) is 18.2 Å². The van der Waals surface area contributed by atoms with Crippen LogP contribution in [-0.4, -0.2) is 5.88 Å². The lowest BCUT2D eigenvalue weighted by molar-refractivity contribution is 1.46. The van der Waals surface area contributed by atoms with Crippen molar-refractivity contribution >= 4 is 17.3 Å². The zero-order valence-electron chi connectivity index (χ0n) is 6.74. The van der Waals surface area contributed by atoms with Gasteiger partial charge in [-0.25, -0.2) is 0 Å². The van der Waals surface area contributed by atoms with E-state index in [2.05, 4.69) is 21.9 Å². The first-order chi connectivity index (χ1) is 6.36. The monoisotopic (exact) mass is 191 g/mol. The Labute approximate surface area is 81.0 Å². The quantitative estimate of drug-likeness (QED) is 0.215. The average molecular weight is 192 g/mol. The highest BCUT2D eigenvalue weighted by Gasteiger charge is 1.88. The molecule has 13 heavy (non-hydrogen) atoms. The van der Waals surface area contributed by atoms with Gasteiger partial charge in [0.05, 0.1) is 5.88 Å². The molecular weight excluding hydrogens is 186 g/mol. The summed E-state index contributed by atoms with van der Waals surface area (Å²) in [5.74, 6) is 5.84. The molecule has 0 aliphatic heterocycles. The van der Waals surface area contributed by atoms with Gasteiger partial charge < -0.3 is 0 Å². The molecule has 0 radical (unpaired) electrons. The van der Waals surface area contributed by atoms with Crippen LogP contribution in [0.25, 0.3) is 10.4 Å². The first kappa shape index (κ1) is 9.47. The Bertz CT molecular complexity index is 397. The van der Waals surface area contributed by atoms with E-state index in [1.165, 1.54) is 0 Å². The van der Waals surface area contributed by atoms with E-state index in [-0.39, 0.29) is 0 Å². The summed E-state index contributed by atoms with van der Waals surface area (Å²) in [6.45, 7) is 0. The van der Waals surface area contributed by atoms with Crippen molar-refractivity contribution in [3.63, 3.8) is 0 Å². The first-order valence-corrected chi connectivity index (χ1v) is 4.10. The molecule has 64 valence electrons. The minimum absolute atomic E-state index is 0.297. The van der Waals surface area contributed by atoms with Gasteiger partial charge >= 0.3 is 0 Å². The predicted octanol–water partition coefficient (Wildman–Crippen LogP) is 3.22. The van der Waals surface area contributed by atoms with Gasteiger partial charge in [-0.15, -0.1) is 11.6 Å². The standard InChI is InChI=1S/C9H6ClN3/c10-6-2-4-8-3-1-5-9(7-8)12-13-11/h1,3,5,7H,6H2. The molecule has 0 spiro atoms. The summed E-state index contributed by atoms with van der Waals surface area (Å²) < 4.78 is 0. The van der Waals surface area contributed by atoms with Crippen molar-refractivity contribution in [3.8, 4) is 11.8 Å². The topological polar surface area (TPSA) is 48.8 Å². The van der Waals surface area contributed by atoms with Crippen molar-refractivity contribution in [2.24, 2.45) is 5.11 Å². The Hall–Kier alpha value is -1.62. The highest BCUT2D eigenvalue weighted by atomic mass is 35.5. The van der Waals surface area contributed by atoms with Gasteiger partial charge in [0, 0.05) is 16.2 Å². The molecule has 1 aromatic rings. The molecule has 0 aliphatic carbocycles. The molecule has 3 nitrogen and oxygen atoms in total. The summed E-state index contributed by atoms with van der Waals surface area (Å²) in [5, 5.41) is 3.46. The number of benzene rings is 1. The Balaban J connectivity index is 2.98. The summed E-state index contributed by atoms with van der Waals surface area (Å²) in [7, 11) is 0. The van der Waals surface area contributed by atoms with E-state index >= 15 is 0 Å². The molecule has 0 saturated carbocycles. The Morgan fingerprint density at radius 2 is 2.38 bits per heavy atom. The van der Waals surface area contributed by atoms with Gasteiger partial charge in [0.25, 0.3) is 0 Å². The molecule has 0 saturated heterocycles. The van der Waals surface area contributed by atoms with Crippen molar-refractivity contribution in [2.75, 3.05) is 5.88 Å². The summed E-state index contributed by atoms with van der Waals surface area (Å²) >= 11 is 5.40. The van der Waals surface area contributed by atoms with Crippen molar-refractivity contribution in [1.82, 2.24) is 0 Å². The second-order valence-electron chi connectivity index (χ2n) is 2.18. The van der Waals surface area contributed by atoms with E-state index in [0.29, 0.717) is 11.6 Å². The lowest BCUT2D eigenvalue weighted by Gasteiger charge is -1.91. The number of hydrogen-bond donors (Lipinski definition) is 0. The van der Waals surface area contributed by atoms with Crippen LogP contribution < -0.4 is 0 Å². The number of hydrogen-bond acceptors (Lipinski definition) is 1. The molecule has 0 N–H and O–H groups in total. The SMILES string of the molecule is [N-]=[N+]=Nc1cccc(C#CCCl)c1. The van der Waals surface area contributed by atoms with Crippen LogP contribution in [0, 0.1) is 11.8 Å². The third kappa shape index (κ3) is 3.08. The molecule has 4 heteroatoms. The highest BCUT2D eigenvalue weighted by molar-refractivity contribution is 6.19. The summed E-state index contributed by atoms with van der Waals surface area (Å²) in [5.41, 5.74) is 9.54. The van der Waals surface area contributed by atoms with Gasteiger partial charge in [-0.2, -0.15) is 0 Å². The molecule has 0 fully saturated rings. The molecule has 0 bridgehead atoms. The zero-order chi connectivity index (χ0) is 9.52. The molecule has 0 atom stereocenters. The van der Waals surface area contributed by atoms with E-state index in [0.717, 1.165) is 5.56 Å². The van der Waals surface area contributed by atoms with Gasteiger partial charge in [-0.3, -0.25) is 0 Å². The molecular formula is C9H6ClN3. The summed E-state index contributed by atoms with van der Waals surface area (Å²) in [6, 6.07) is 7.03. The Morgan fingerprint density at radius 1 is 1.54 bits per heavy atom. The number of rotatable bonds is 1. The zero-order valence-corrected chi connectivity index (χ0v) is 7.49. The molecule has 0 amide bonds. The van der Waals surface area contributed by atoms with Crippen LogP contribution >= 0.6 is 11.6 Å². The Kier molecular flexibility index (Phi) is 3.72. The molecule has 0 aliphatic rings. The van der Waals surface area contributed by atoms with Crippen LogP contribution in [0.1, 0.15) is 5.56 Å². The predicted molar refractivity (Wildman–Crippen MR) is 52.8 cm³/mol. The van der Waals surface area contributed by atoms with E-state index in [4.69, 9.17) is 17.1 Å². The van der Waals surface area contributed by atoms with E-state index in [1.807, 2.05) is 6.07 Å². The summed E-state index contributed by atoms with van der Waals surface area (Å²) in [4.78, 5) is 2.68. The van der Waals surface area contributed by atoms with Crippen LogP contribution in [0.15, 0.2) is 29.4 Å². The van der Waals surface area contributed by atoms with E-state index < -0.39 is 0 Å². The lowest BCUT2D eigenvalue weighted by atomic mass is 10.2. The second kappa shape index (κ2) is 5.10. The van der Waals surface area contributed by atoms with Crippen molar-refractivity contribution < 1.29 is 0 Å². The van der Waals surface area contributed by atoms with Crippen molar-refractivity contribution in [1.29, 1.82) is 0 Å². The normalized spacial score (nSPS) is 8.08. The third-order valence-electron chi connectivity index (χ3n) is 1.31. The summed E-state index contributed by atoms with van der Waals surface area (Å²) in [6.07, 6.45) is 0. The number of halogens is 1. The maximum Gasteiger partial charge on any atom is 0.0839 e. The average Bonchev–Trinajstić information content (AvgIpc) is 2.16. The fourth-order valence-corrected chi connectivity index (χ4v) is 0.900. The smallest absolute Gasteiger partial charge is 0.0839 e. The largest absolute Gasteiger partial charge is 0.113 e. The first-order valence-electron chi connectivity index (χ1n) is 3.57. The Morgan fingerprint density at radius 3 is 3.08 bits per heavy atom. The minimum Gasteiger partial charge on any atom is -0.113 e. The maximum atomic E-state index is 8.19. The lowest BCUT2D eigenvalue weighted by Crippen LogP contribution is -1.72. The number of azide groups is 1. The number of alkyl halides is 1.